The lowest BCUT2D eigenvalue weighted by Crippen LogP contribution is -2.44. The van der Waals surface area contributed by atoms with Gasteiger partial charge in [-0.2, -0.15) is 0 Å². The molecular weight excluding hydrogens is 240 g/mol. The van der Waals surface area contributed by atoms with E-state index in [1.54, 1.807) is 6.92 Å². The summed E-state index contributed by atoms with van der Waals surface area (Å²) in [6.45, 7) is 2.23. The van der Waals surface area contributed by atoms with Gasteiger partial charge >= 0.3 is 5.97 Å². The molecule has 0 aliphatic heterocycles. The first-order valence-electron chi connectivity index (χ1n) is 5.51. The first kappa shape index (κ1) is 16.1. The van der Waals surface area contributed by atoms with Gasteiger partial charge in [-0.05, 0) is 6.92 Å². The number of carbonyl (C=O) groups is 4. The summed E-state index contributed by atoms with van der Waals surface area (Å²) in [6.07, 6.45) is 0.261. The molecule has 0 rings (SSSR count). The number of methoxy groups -OCH3 is 1. The topological polar surface area (TPSA) is 92.8 Å². The van der Waals surface area contributed by atoms with Crippen molar-refractivity contribution in [3.63, 3.8) is 0 Å². The minimum absolute atomic E-state index is 0.185. The van der Waals surface area contributed by atoms with Gasteiger partial charge in [0.1, 0.15) is 12.3 Å². The molecule has 0 aromatic heterocycles. The number of rotatable bonds is 7. The Bertz CT molecular complexity index is 340. The fourth-order valence-electron chi connectivity index (χ4n) is 1.13. The summed E-state index contributed by atoms with van der Waals surface area (Å²) in [7, 11) is 1.19. The molecule has 0 saturated carbocycles. The Labute approximate surface area is 105 Å². The Morgan fingerprint density at radius 1 is 1.17 bits per heavy atom. The zero-order chi connectivity index (χ0) is 14.1. The molecule has 0 unspecified atom stereocenters. The second-order valence-corrected chi connectivity index (χ2v) is 3.66. The van der Waals surface area contributed by atoms with Crippen LogP contribution in [-0.4, -0.2) is 55.2 Å². The number of hydrogen-bond acceptors (Lipinski definition) is 5. The molecule has 7 heteroatoms. The molecule has 0 aliphatic rings. The van der Waals surface area contributed by atoms with Gasteiger partial charge in [0.15, 0.2) is 0 Å². The molecule has 0 heterocycles. The zero-order valence-electron chi connectivity index (χ0n) is 10.8. The lowest BCUT2D eigenvalue weighted by atomic mass is 10.3. The highest BCUT2D eigenvalue weighted by molar-refractivity contribution is 5.90. The SMILES string of the molecule is CCC(=O)NCC(=O)N(CC(C)=O)CC(=O)OC. The van der Waals surface area contributed by atoms with Gasteiger partial charge in [-0.3, -0.25) is 19.2 Å². The Morgan fingerprint density at radius 2 is 1.78 bits per heavy atom. The summed E-state index contributed by atoms with van der Waals surface area (Å²) in [4.78, 5) is 45.8. The van der Waals surface area contributed by atoms with Crippen molar-refractivity contribution in [3.05, 3.63) is 0 Å². The molecule has 0 spiro atoms. The maximum Gasteiger partial charge on any atom is 0.325 e. The molecule has 102 valence electrons. The van der Waals surface area contributed by atoms with Crippen LogP contribution >= 0.6 is 0 Å². The first-order valence-corrected chi connectivity index (χ1v) is 5.51. The van der Waals surface area contributed by atoms with Crippen LogP contribution in [0.2, 0.25) is 0 Å². The van der Waals surface area contributed by atoms with E-state index in [1.807, 2.05) is 0 Å². The normalized spacial score (nSPS) is 9.50. The van der Waals surface area contributed by atoms with E-state index in [1.165, 1.54) is 14.0 Å². The van der Waals surface area contributed by atoms with E-state index in [0.29, 0.717) is 0 Å². The van der Waals surface area contributed by atoms with E-state index >= 15 is 0 Å². The monoisotopic (exact) mass is 258 g/mol. The Balaban J connectivity index is 4.44. The van der Waals surface area contributed by atoms with Gasteiger partial charge in [-0.1, -0.05) is 6.92 Å². The van der Waals surface area contributed by atoms with Crippen molar-refractivity contribution in [1.29, 1.82) is 0 Å². The van der Waals surface area contributed by atoms with Crippen LogP contribution in [0.25, 0.3) is 0 Å². The van der Waals surface area contributed by atoms with E-state index in [-0.39, 0.29) is 37.7 Å². The van der Waals surface area contributed by atoms with Gasteiger partial charge in [0, 0.05) is 6.42 Å². The largest absolute Gasteiger partial charge is 0.468 e. The molecular formula is C11H18N2O5. The maximum absolute atomic E-state index is 11.7. The van der Waals surface area contributed by atoms with Crippen molar-refractivity contribution in [2.45, 2.75) is 20.3 Å². The number of ketones is 1. The van der Waals surface area contributed by atoms with Crippen molar-refractivity contribution < 1.29 is 23.9 Å². The molecule has 0 bridgehead atoms. The Morgan fingerprint density at radius 3 is 2.22 bits per heavy atom. The molecule has 0 aromatic rings. The average molecular weight is 258 g/mol. The van der Waals surface area contributed by atoms with Crippen LogP contribution in [-0.2, 0) is 23.9 Å². The van der Waals surface area contributed by atoms with E-state index in [4.69, 9.17) is 0 Å². The summed E-state index contributed by atoms with van der Waals surface area (Å²) in [5.41, 5.74) is 0. The van der Waals surface area contributed by atoms with Gasteiger partial charge in [0.25, 0.3) is 0 Å². The van der Waals surface area contributed by atoms with Crippen molar-refractivity contribution in [2.75, 3.05) is 26.7 Å². The number of hydrogen-bond donors (Lipinski definition) is 1. The van der Waals surface area contributed by atoms with Crippen molar-refractivity contribution in [1.82, 2.24) is 10.2 Å². The van der Waals surface area contributed by atoms with E-state index < -0.39 is 11.9 Å². The fraction of sp³-hybridized carbons (Fsp3) is 0.636. The number of Topliss-reactive ketones (excluding diaryl/α,β-unsaturated/α-hetero) is 1. The zero-order valence-corrected chi connectivity index (χ0v) is 10.8. The van der Waals surface area contributed by atoms with Gasteiger partial charge < -0.3 is 15.0 Å². The van der Waals surface area contributed by atoms with Crippen LogP contribution in [0.1, 0.15) is 20.3 Å². The smallest absolute Gasteiger partial charge is 0.325 e. The molecule has 0 fully saturated rings. The Hall–Kier alpha value is -1.92. The molecule has 7 nitrogen and oxygen atoms in total. The van der Waals surface area contributed by atoms with E-state index in [0.717, 1.165) is 4.90 Å². The quantitative estimate of drug-likeness (QED) is 0.597. The molecule has 18 heavy (non-hydrogen) atoms. The number of nitrogens with one attached hydrogen (secondary N) is 1. The number of esters is 1. The summed E-state index contributed by atoms with van der Waals surface area (Å²) in [6, 6.07) is 0. The molecule has 0 radical (unpaired) electrons. The number of amides is 2. The predicted molar refractivity (Wildman–Crippen MR) is 62.6 cm³/mol. The minimum atomic E-state index is -0.619. The number of ether oxygens (including phenoxy) is 1. The third-order valence-electron chi connectivity index (χ3n) is 2.07. The standard InChI is InChI=1S/C11H18N2O5/c1-4-9(15)12-5-10(16)13(6-8(2)14)7-11(17)18-3/h4-7H2,1-3H3,(H,12,15). The van der Waals surface area contributed by atoms with Crippen LogP contribution < -0.4 is 5.32 Å². The fourth-order valence-corrected chi connectivity index (χ4v) is 1.13. The second-order valence-electron chi connectivity index (χ2n) is 3.66. The summed E-state index contributed by atoms with van der Waals surface area (Å²) in [5, 5.41) is 2.38. The summed E-state index contributed by atoms with van der Waals surface area (Å²) >= 11 is 0. The highest BCUT2D eigenvalue weighted by Crippen LogP contribution is 1.92. The summed E-state index contributed by atoms with van der Waals surface area (Å²) in [5.74, 6) is -1.65. The van der Waals surface area contributed by atoms with Crippen LogP contribution in [0, 0.1) is 0 Å². The third-order valence-corrected chi connectivity index (χ3v) is 2.07. The first-order chi connectivity index (χ1) is 8.40. The van der Waals surface area contributed by atoms with Gasteiger partial charge in [-0.15, -0.1) is 0 Å². The van der Waals surface area contributed by atoms with Crippen LogP contribution in [0.15, 0.2) is 0 Å². The van der Waals surface area contributed by atoms with Gasteiger partial charge in [0.2, 0.25) is 11.8 Å². The van der Waals surface area contributed by atoms with Crippen molar-refractivity contribution in [2.24, 2.45) is 0 Å². The molecule has 0 atom stereocenters. The molecule has 0 aromatic carbocycles. The maximum atomic E-state index is 11.7. The van der Waals surface area contributed by atoms with Crippen molar-refractivity contribution in [3.8, 4) is 0 Å². The summed E-state index contributed by atoms with van der Waals surface area (Å²) < 4.78 is 4.43. The van der Waals surface area contributed by atoms with Crippen LogP contribution in [0.4, 0.5) is 0 Å². The third kappa shape index (κ3) is 6.62. The molecule has 0 saturated heterocycles. The average Bonchev–Trinajstić information content (AvgIpc) is 2.33. The lowest BCUT2D eigenvalue weighted by Gasteiger charge is -2.20. The number of nitrogens with zero attached hydrogens (tertiary/aromatic N) is 1. The highest BCUT2D eigenvalue weighted by Gasteiger charge is 2.19. The lowest BCUT2D eigenvalue weighted by molar-refractivity contribution is -0.147. The van der Waals surface area contributed by atoms with E-state index in [9.17, 15) is 19.2 Å². The van der Waals surface area contributed by atoms with Gasteiger partial charge in [0.05, 0.1) is 20.2 Å². The molecule has 0 aliphatic carbocycles. The number of carbonyl (C=O) groups excluding carboxylic acids is 4. The van der Waals surface area contributed by atoms with Crippen LogP contribution in [0.5, 0.6) is 0 Å². The second kappa shape index (κ2) is 8.21. The minimum Gasteiger partial charge on any atom is -0.468 e. The van der Waals surface area contributed by atoms with Crippen molar-refractivity contribution >= 4 is 23.6 Å². The van der Waals surface area contributed by atoms with Crippen LogP contribution in [0.3, 0.4) is 0 Å². The predicted octanol–water partition coefficient (Wildman–Crippen LogP) is -0.897. The van der Waals surface area contributed by atoms with E-state index in [2.05, 4.69) is 10.1 Å². The molecule has 2 amide bonds. The highest BCUT2D eigenvalue weighted by atomic mass is 16.5. The molecule has 1 N–H and O–H groups in total. The van der Waals surface area contributed by atoms with Gasteiger partial charge in [-0.25, -0.2) is 0 Å². The Kier molecular flexibility index (Phi) is 7.34.